The summed E-state index contributed by atoms with van der Waals surface area (Å²) in [6.07, 6.45) is 0.664. The third-order valence-electron chi connectivity index (χ3n) is 4.47. The molecular formula is C20H24BrN4O2S+. The maximum absolute atomic E-state index is 12.9. The zero-order chi connectivity index (χ0) is 20.6. The fraction of sp³-hybridized carbons (Fsp3) is 0.450. The van der Waals surface area contributed by atoms with E-state index >= 15 is 0 Å². The molecule has 0 aromatic heterocycles. The number of thioether (sulfide) groups is 1. The molecule has 1 unspecified atom stereocenters. The average Bonchev–Trinajstić information content (AvgIpc) is 2.62. The molecule has 3 amide bonds. The van der Waals surface area contributed by atoms with Crippen molar-refractivity contribution in [3.63, 3.8) is 0 Å². The lowest BCUT2D eigenvalue weighted by molar-refractivity contribution is -0.407. The van der Waals surface area contributed by atoms with Crippen molar-refractivity contribution in [3.8, 4) is 0 Å². The molecule has 2 aliphatic rings. The van der Waals surface area contributed by atoms with Gasteiger partial charge >= 0.3 is 11.9 Å². The number of halogens is 1. The van der Waals surface area contributed by atoms with Crippen molar-refractivity contribution in [2.45, 2.75) is 32.9 Å². The Bertz CT molecular complexity index is 913. The molecule has 0 spiro atoms. The largest absolute Gasteiger partial charge is 0.445 e. The molecule has 0 bridgehead atoms. The summed E-state index contributed by atoms with van der Waals surface area (Å²) in [6.45, 7) is 6.35. The van der Waals surface area contributed by atoms with Gasteiger partial charge in [0.1, 0.15) is 5.04 Å². The van der Waals surface area contributed by atoms with Gasteiger partial charge in [-0.1, -0.05) is 53.8 Å². The van der Waals surface area contributed by atoms with Crippen LogP contribution in [0.5, 0.6) is 0 Å². The van der Waals surface area contributed by atoms with Gasteiger partial charge in [0, 0.05) is 16.6 Å². The predicted octanol–water partition coefficient (Wildman–Crippen LogP) is 4.18. The van der Waals surface area contributed by atoms with Gasteiger partial charge in [-0.15, -0.1) is 11.8 Å². The third-order valence-corrected chi connectivity index (χ3v) is 6.10. The first-order valence-electron chi connectivity index (χ1n) is 9.02. The molecule has 0 saturated heterocycles. The lowest BCUT2D eigenvalue weighted by Gasteiger charge is -2.27. The maximum atomic E-state index is 12.9. The summed E-state index contributed by atoms with van der Waals surface area (Å²) in [7, 11) is 3.16. The summed E-state index contributed by atoms with van der Waals surface area (Å²) in [4.78, 5) is 35.7. The highest BCUT2D eigenvalue weighted by Crippen LogP contribution is 2.30. The number of rotatable bonds is 3. The van der Waals surface area contributed by atoms with Gasteiger partial charge in [0.25, 0.3) is 5.84 Å². The van der Waals surface area contributed by atoms with Crippen molar-refractivity contribution in [3.05, 3.63) is 34.3 Å². The number of aliphatic imine (C=N–C) groups is 2. The molecule has 8 heteroatoms. The van der Waals surface area contributed by atoms with E-state index in [1.165, 1.54) is 23.4 Å². The Morgan fingerprint density at radius 2 is 1.82 bits per heavy atom. The first-order chi connectivity index (χ1) is 13.1. The van der Waals surface area contributed by atoms with Crippen LogP contribution in [-0.4, -0.2) is 52.2 Å². The van der Waals surface area contributed by atoms with Crippen LogP contribution in [0.4, 0.5) is 4.79 Å². The van der Waals surface area contributed by atoms with Gasteiger partial charge in [0.2, 0.25) is 5.84 Å². The molecule has 6 nitrogen and oxygen atoms in total. The SMILES string of the molecule is CN1C(=O)C2C(SCc3ccc(Br)cc3)=NC(CC(C)(C)C)=NC2=[N+](C)C1=O. The van der Waals surface area contributed by atoms with Gasteiger partial charge in [-0.05, 0) is 23.1 Å². The Kier molecular flexibility index (Phi) is 5.91. The molecule has 0 saturated carbocycles. The van der Waals surface area contributed by atoms with Crippen molar-refractivity contribution in [1.29, 1.82) is 0 Å². The van der Waals surface area contributed by atoms with E-state index in [1.54, 1.807) is 7.05 Å². The van der Waals surface area contributed by atoms with E-state index in [0.717, 1.165) is 14.9 Å². The van der Waals surface area contributed by atoms with Crippen LogP contribution in [0, 0.1) is 11.3 Å². The summed E-state index contributed by atoms with van der Waals surface area (Å²) in [6, 6.07) is 7.71. The molecule has 2 aliphatic heterocycles. The van der Waals surface area contributed by atoms with Crippen LogP contribution in [0.25, 0.3) is 0 Å². The molecular weight excluding hydrogens is 440 g/mol. The Balaban J connectivity index is 1.97. The minimum absolute atomic E-state index is 0.00470. The number of amidine groups is 2. The van der Waals surface area contributed by atoms with E-state index in [0.29, 0.717) is 28.9 Å². The summed E-state index contributed by atoms with van der Waals surface area (Å²) in [5.74, 6) is 0.915. The lowest BCUT2D eigenvalue weighted by Crippen LogP contribution is -2.54. The third kappa shape index (κ3) is 4.43. The van der Waals surface area contributed by atoms with Gasteiger partial charge in [0.05, 0.1) is 14.1 Å². The Morgan fingerprint density at radius 3 is 2.43 bits per heavy atom. The Morgan fingerprint density at radius 1 is 1.18 bits per heavy atom. The monoisotopic (exact) mass is 463 g/mol. The summed E-state index contributed by atoms with van der Waals surface area (Å²) in [5.41, 5.74) is 1.13. The standard InChI is InChI=1S/C20H24BrN4O2S/c1-20(2,3)10-14-22-16-15(18(26)25(5)19(27)24(16)4)17(23-14)28-11-12-6-8-13(21)9-7-12/h6-9,15H,10-11H2,1-5H3/q+1. The van der Waals surface area contributed by atoms with E-state index in [1.807, 2.05) is 24.3 Å². The lowest BCUT2D eigenvalue weighted by atomic mass is 9.91. The summed E-state index contributed by atoms with van der Waals surface area (Å²) in [5, 5.41) is 0.698. The van der Waals surface area contributed by atoms with E-state index in [4.69, 9.17) is 4.99 Å². The number of carbonyl (C=O) groups is 2. The molecule has 1 aromatic rings. The van der Waals surface area contributed by atoms with Crippen LogP contribution in [0.15, 0.2) is 38.7 Å². The molecule has 148 valence electrons. The molecule has 0 fully saturated rings. The summed E-state index contributed by atoms with van der Waals surface area (Å²) >= 11 is 4.97. The Hall–Kier alpha value is -1.80. The van der Waals surface area contributed by atoms with Crippen LogP contribution in [0.3, 0.4) is 0 Å². The molecule has 0 N–H and O–H groups in total. The number of carbonyl (C=O) groups excluding carboxylic acids is 2. The number of fused-ring (bicyclic) bond motifs is 1. The minimum atomic E-state index is -0.628. The van der Waals surface area contributed by atoms with Crippen LogP contribution >= 0.6 is 27.7 Å². The van der Waals surface area contributed by atoms with Crippen LogP contribution < -0.4 is 0 Å². The van der Waals surface area contributed by atoms with Gasteiger partial charge in [-0.25, -0.2) is 9.79 Å². The number of benzene rings is 1. The second-order valence-corrected chi connectivity index (χ2v) is 10.1. The number of amides is 3. The topological polar surface area (TPSA) is 65.1 Å². The van der Waals surface area contributed by atoms with E-state index in [2.05, 4.69) is 41.7 Å². The molecule has 0 aliphatic carbocycles. The average molecular weight is 464 g/mol. The highest BCUT2D eigenvalue weighted by Gasteiger charge is 2.49. The van der Waals surface area contributed by atoms with Crippen LogP contribution in [-0.2, 0) is 10.5 Å². The highest BCUT2D eigenvalue weighted by atomic mass is 79.9. The van der Waals surface area contributed by atoms with Gasteiger partial charge in [-0.3, -0.25) is 4.79 Å². The number of nitrogens with zero attached hydrogens (tertiary/aromatic N) is 4. The van der Waals surface area contributed by atoms with E-state index < -0.39 is 5.92 Å². The zero-order valence-corrected chi connectivity index (χ0v) is 19.1. The number of imide groups is 1. The van der Waals surface area contributed by atoms with Crippen molar-refractivity contribution in [2.75, 3.05) is 14.1 Å². The first kappa shape index (κ1) is 20.9. The zero-order valence-electron chi connectivity index (χ0n) is 16.7. The second kappa shape index (κ2) is 7.91. The van der Waals surface area contributed by atoms with Crippen LogP contribution in [0.2, 0.25) is 0 Å². The quantitative estimate of drug-likeness (QED) is 0.631. The minimum Gasteiger partial charge on any atom is -0.255 e. The van der Waals surface area contributed by atoms with E-state index in [9.17, 15) is 9.59 Å². The second-order valence-electron chi connectivity index (χ2n) is 8.16. The maximum Gasteiger partial charge on any atom is 0.445 e. The fourth-order valence-corrected chi connectivity index (χ4v) is 4.34. The molecule has 1 aromatic carbocycles. The smallest absolute Gasteiger partial charge is 0.255 e. The summed E-state index contributed by atoms with van der Waals surface area (Å²) < 4.78 is 2.49. The van der Waals surface area contributed by atoms with Crippen molar-refractivity contribution in [2.24, 2.45) is 21.3 Å². The fourth-order valence-electron chi connectivity index (χ4n) is 3.03. The number of hydrogen-bond acceptors (Lipinski definition) is 5. The van der Waals surface area contributed by atoms with Crippen molar-refractivity contribution < 1.29 is 14.2 Å². The van der Waals surface area contributed by atoms with Gasteiger partial charge in [-0.2, -0.15) is 9.48 Å². The molecule has 1 atom stereocenters. The first-order valence-corrected chi connectivity index (χ1v) is 10.8. The molecule has 2 heterocycles. The Labute approximate surface area is 177 Å². The normalized spacial score (nSPS) is 20.2. The molecule has 0 radical (unpaired) electrons. The van der Waals surface area contributed by atoms with Crippen molar-refractivity contribution >= 4 is 56.3 Å². The van der Waals surface area contributed by atoms with Crippen LogP contribution in [0.1, 0.15) is 32.8 Å². The number of hydrogen-bond donors (Lipinski definition) is 0. The predicted molar refractivity (Wildman–Crippen MR) is 117 cm³/mol. The van der Waals surface area contributed by atoms with Gasteiger partial charge < -0.3 is 0 Å². The number of urea groups is 1. The van der Waals surface area contributed by atoms with E-state index in [-0.39, 0.29) is 17.4 Å². The molecule has 3 rings (SSSR count). The highest BCUT2D eigenvalue weighted by molar-refractivity contribution is 9.10. The van der Waals surface area contributed by atoms with Crippen molar-refractivity contribution in [1.82, 2.24) is 4.90 Å². The molecule has 28 heavy (non-hydrogen) atoms. The van der Waals surface area contributed by atoms with Gasteiger partial charge in [0.15, 0.2) is 5.92 Å².